The van der Waals surface area contributed by atoms with Gasteiger partial charge in [-0.25, -0.2) is 0 Å². The summed E-state index contributed by atoms with van der Waals surface area (Å²) in [6.45, 7) is 3.28. The molecule has 0 heterocycles. The zero-order chi connectivity index (χ0) is 6.57. The minimum atomic E-state index is -0.459. The van der Waals surface area contributed by atoms with E-state index in [4.69, 9.17) is 5.11 Å². The predicted octanol–water partition coefficient (Wildman–Crippen LogP) is -0.00150. The van der Waals surface area contributed by atoms with Crippen molar-refractivity contribution in [3.63, 3.8) is 0 Å². The second-order valence-corrected chi connectivity index (χ2v) is 1.74. The molecule has 1 N–H and O–H groups in total. The Balaban J connectivity index is 3.49. The molecule has 0 aromatic carbocycles. The maximum absolute atomic E-state index is 10.1. The Bertz CT molecular complexity index is 109. The summed E-state index contributed by atoms with van der Waals surface area (Å²) in [5.41, 5.74) is 0.308. The fourth-order valence-corrected chi connectivity index (χ4v) is 0.339. The lowest BCUT2D eigenvalue weighted by Crippen LogP contribution is -1.97. The van der Waals surface area contributed by atoms with Gasteiger partial charge in [-0.2, -0.15) is 0 Å². The fourth-order valence-electron chi connectivity index (χ4n) is 0.237. The monoisotopic (exact) mass is 131 g/mol. The minimum absolute atomic E-state index is 0.0544. The summed E-state index contributed by atoms with van der Waals surface area (Å²) in [6.07, 6.45) is 0.294. The molecule has 0 unspecified atom stereocenters. The lowest BCUT2D eigenvalue weighted by molar-refractivity contribution is -0.108. The Morgan fingerprint density at radius 2 is 2.25 bits per heavy atom. The van der Waals surface area contributed by atoms with Crippen LogP contribution in [0.4, 0.5) is 0 Å². The van der Waals surface area contributed by atoms with Gasteiger partial charge in [-0.15, -0.1) is 0 Å². The second kappa shape index (κ2) is 3.57. The van der Waals surface area contributed by atoms with Crippen LogP contribution >= 0.6 is 0 Å². The van der Waals surface area contributed by atoms with Gasteiger partial charge in [-0.05, 0) is 12.0 Å². The number of hydrogen-bond acceptors (Lipinski definition) is 3. The van der Waals surface area contributed by atoms with E-state index in [9.17, 15) is 4.79 Å². The van der Waals surface area contributed by atoms with E-state index in [2.05, 4.69) is 19.2 Å². The number of aliphatic hydroxyl groups excluding tert-OH is 1. The molecule has 0 saturated heterocycles. The molecule has 0 aliphatic carbocycles. The van der Waals surface area contributed by atoms with Crippen molar-refractivity contribution in [1.82, 2.24) is 0 Å². The van der Waals surface area contributed by atoms with Crippen LogP contribution in [0.2, 0.25) is 0 Å². The van der Waals surface area contributed by atoms with Crippen molar-refractivity contribution in [3.05, 3.63) is 12.2 Å². The molecule has 0 bridgehead atoms. The van der Waals surface area contributed by atoms with Crippen molar-refractivity contribution in [1.29, 1.82) is 0 Å². The van der Waals surface area contributed by atoms with Gasteiger partial charge in [0.05, 0.1) is 0 Å². The van der Waals surface area contributed by atoms with E-state index in [1.54, 1.807) is 0 Å². The lowest BCUT2D eigenvalue weighted by Gasteiger charge is -2.03. The van der Waals surface area contributed by atoms with Crippen LogP contribution in [0.5, 0.6) is 0 Å². The Morgan fingerprint density at radius 3 is 2.38 bits per heavy atom. The summed E-state index contributed by atoms with van der Waals surface area (Å²) in [6, 6.07) is 0. The van der Waals surface area contributed by atoms with E-state index in [0.29, 0.717) is 12.0 Å². The predicted molar refractivity (Wildman–Crippen MR) is 33.2 cm³/mol. The number of rotatable bonds is 3. The van der Waals surface area contributed by atoms with Crippen LogP contribution in [0, 0.1) is 0 Å². The molecule has 0 fully saturated rings. The highest BCUT2D eigenvalue weighted by molar-refractivity contribution is 7.77. The topological polar surface area (TPSA) is 37.3 Å². The van der Waals surface area contributed by atoms with Crippen LogP contribution in [-0.2, 0) is 17.4 Å². The van der Waals surface area contributed by atoms with Gasteiger partial charge in [0.25, 0.3) is 0 Å². The molecule has 0 aliphatic rings. The maximum Gasteiger partial charge on any atom is 0.0471 e. The van der Waals surface area contributed by atoms with Gasteiger partial charge < -0.3 is 22.5 Å². The zero-order valence-corrected chi connectivity index (χ0v) is 5.20. The Labute approximate surface area is 53.6 Å². The highest BCUT2D eigenvalue weighted by Gasteiger charge is 1.89. The lowest BCUT2D eigenvalue weighted by atomic mass is 10.2. The summed E-state index contributed by atoms with van der Waals surface area (Å²) in [5.74, 6) is 0. The maximum atomic E-state index is 10.1. The van der Waals surface area contributed by atoms with E-state index in [0.717, 1.165) is 0 Å². The van der Waals surface area contributed by atoms with Gasteiger partial charge in [-0.1, -0.05) is 6.58 Å². The van der Waals surface area contributed by atoms with Gasteiger partial charge in [0.15, 0.2) is 0 Å². The van der Waals surface area contributed by atoms with Crippen molar-refractivity contribution in [2.45, 2.75) is 6.42 Å². The van der Waals surface area contributed by atoms with Crippen molar-refractivity contribution in [2.75, 3.05) is 6.61 Å². The molecule has 3 heteroatoms. The van der Waals surface area contributed by atoms with Gasteiger partial charge in [-0.3, -0.25) is 0 Å². The van der Waals surface area contributed by atoms with E-state index in [1.807, 2.05) is 0 Å². The molecule has 0 saturated carbocycles. The largest absolute Gasteiger partial charge is 0.737 e. The molecular weight excluding hydrogens is 124 g/mol. The molecular formula is C5H7O2S-. The number of aliphatic hydroxyl groups is 1. The Morgan fingerprint density at radius 1 is 1.75 bits per heavy atom. The van der Waals surface area contributed by atoms with Crippen LogP contribution in [-0.4, -0.2) is 16.8 Å². The molecule has 0 aliphatic heterocycles. The van der Waals surface area contributed by atoms with Crippen LogP contribution in [0.15, 0.2) is 12.2 Å². The molecule has 0 aromatic heterocycles. The SMILES string of the molecule is C=C(CCO)C(=O)[S-]. The first-order valence-electron chi connectivity index (χ1n) is 2.18. The molecule has 0 rings (SSSR count). The quantitative estimate of drug-likeness (QED) is 0.432. The first kappa shape index (κ1) is 7.59. The Hall–Kier alpha value is -0.410. The average molecular weight is 131 g/mol. The molecule has 0 atom stereocenters. The summed E-state index contributed by atoms with van der Waals surface area (Å²) in [7, 11) is 0. The van der Waals surface area contributed by atoms with Crippen LogP contribution < -0.4 is 0 Å². The van der Waals surface area contributed by atoms with E-state index in [-0.39, 0.29) is 6.61 Å². The summed E-state index contributed by atoms with van der Waals surface area (Å²) < 4.78 is 0. The molecule has 0 spiro atoms. The average Bonchev–Trinajstić information content (AvgIpc) is 1.67. The van der Waals surface area contributed by atoms with Gasteiger partial charge in [0.1, 0.15) is 0 Å². The van der Waals surface area contributed by atoms with Gasteiger partial charge >= 0.3 is 0 Å². The number of hydrogen-bond donors (Lipinski definition) is 1. The molecule has 8 heavy (non-hydrogen) atoms. The molecule has 2 nitrogen and oxygen atoms in total. The number of carbonyl (C=O) groups is 1. The Kier molecular flexibility index (Phi) is 3.39. The first-order valence-corrected chi connectivity index (χ1v) is 2.59. The van der Waals surface area contributed by atoms with E-state index in [1.165, 1.54) is 0 Å². The zero-order valence-electron chi connectivity index (χ0n) is 4.39. The summed E-state index contributed by atoms with van der Waals surface area (Å²) >= 11 is 4.22. The normalized spacial score (nSPS) is 8.62. The van der Waals surface area contributed by atoms with Crippen LogP contribution in [0.3, 0.4) is 0 Å². The van der Waals surface area contributed by atoms with E-state index >= 15 is 0 Å². The highest BCUT2D eigenvalue weighted by Crippen LogP contribution is 1.95. The summed E-state index contributed by atoms with van der Waals surface area (Å²) in [4.78, 5) is 10.1. The molecule has 0 aromatic rings. The van der Waals surface area contributed by atoms with Gasteiger partial charge in [0.2, 0.25) is 0 Å². The van der Waals surface area contributed by atoms with Crippen molar-refractivity contribution >= 4 is 17.7 Å². The standard InChI is InChI=1S/C5H8O2S/c1-4(2-3-6)5(7)8/h6H,1-3H2,(H,7,8)/p-1. The highest BCUT2D eigenvalue weighted by atomic mass is 32.1. The fraction of sp³-hybridized carbons (Fsp3) is 0.400. The third-order valence-corrected chi connectivity index (χ3v) is 0.991. The molecule has 46 valence electrons. The van der Waals surface area contributed by atoms with Crippen molar-refractivity contribution < 1.29 is 9.90 Å². The first-order chi connectivity index (χ1) is 3.68. The summed E-state index contributed by atoms with van der Waals surface area (Å²) in [5, 5.41) is 7.77. The van der Waals surface area contributed by atoms with Gasteiger partial charge in [0, 0.05) is 11.7 Å². The van der Waals surface area contributed by atoms with Crippen LogP contribution in [0.1, 0.15) is 6.42 Å². The van der Waals surface area contributed by atoms with Crippen LogP contribution in [0.25, 0.3) is 0 Å². The smallest absolute Gasteiger partial charge is 0.0471 e. The second-order valence-electron chi connectivity index (χ2n) is 1.36. The minimum Gasteiger partial charge on any atom is -0.737 e. The third-order valence-electron chi connectivity index (χ3n) is 0.702. The van der Waals surface area contributed by atoms with Crippen molar-refractivity contribution in [3.8, 4) is 0 Å². The molecule has 0 radical (unpaired) electrons. The number of carbonyl (C=O) groups excluding carboxylic acids is 1. The van der Waals surface area contributed by atoms with E-state index < -0.39 is 5.12 Å². The molecule has 0 amide bonds. The van der Waals surface area contributed by atoms with Crippen molar-refractivity contribution in [2.24, 2.45) is 0 Å². The third kappa shape index (κ3) is 2.71.